The molecule has 3 heterocycles. The number of carbonyl (C=O) groups excluding carboxylic acids is 1. The second kappa shape index (κ2) is 5.46. The molecule has 0 saturated carbocycles. The Morgan fingerprint density at radius 3 is 3.09 bits per heavy atom. The summed E-state index contributed by atoms with van der Waals surface area (Å²) in [5.41, 5.74) is 1.92. The molecule has 0 aliphatic carbocycles. The van der Waals surface area contributed by atoms with Crippen LogP contribution in [0.2, 0.25) is 0 Å². The lowest BCUT2D eigenvalue weighted by Crippen LogP contribution is -2.43. The van der Waals surface area contributed by atoms with Gasteiger partial charge in [-0.05, 0) is 30.2 Å². The van der Waals surface area contributed by atoms with Crippen molar-refractivity contribution in [3.63, 3.8) is 0 Å². The molecule has 0 radical (unpaired) electrons. The normalized spacial score (nSPS) is 23.0. The largest absolute Gasteiger partial charge is 0.374 e. The number of nitrogens with one attached hydrogen (secondary N) is 1. The van der Waals surface area contributed by atoms with Crippen LogP contribution in [-0.4, -0.2) is 46.0 Å². The van der Waals surface area contributed by atoms with E-state index in [2.05, 4.69) is 10.4 Å². The molecule has 6 nitrogen and oxygen atoms in total. The molecule has 4 rings (SSSR count). The van der Waals surface area contributed by atoms with Gasteiger partial charge in [0, 0.05) is 24.6 Å². The number of amides is 2. The van der Waals surface area contributed by atoms with Crippen LogP contribution in [0.4, 0.5) is 10.5 Å². The fourth-order valence-electron chi connectivity index (χ4n) is 3.17. The number of urea groups is 1. The van der Waals surface area contributed by atoms with Gasteiger partial charge in [0.15, 0.2) is 0 Å². The third-order valence-corrected chi connectivity index (χ3v) is 4.24. The molecule has 2 saturated heterocycles. The Morgan fingerprint density at radius 2 is 2.36 bits per heavy atom. The minimum atomic E-state index is -0.0351. The van der Waals surface area contributed by atoms with Gasteiger partial charge in [0.2, 0.25) is 0 Å². The summed E-state index contributed by atoms with van der Waals surface area (Å²) >= 11 is 0. The molecule has 22 heavy (non-hydrogen) atoms. The molecule has 114 valence electrons. The van der Waals surface area contributed by atoms with Gasteiger partial charge in [0.1, 0.15) is 0 Å². The summed E-state index contributed by atoms with van der Waals surface area (Å²) in [7, 11) is 0. The van der Waals surface area contributed by atoms with Crippen LogP contribution in [0.3, 0.4) is 0 Å². The van der Waals surface area contributed by atoms with E-state index in [1.807, 2.05) is 46.1 Å². The van der Waals surface area contributed by atoms with E-state index in [1.165, 1.54) is 0 Å². The Labute approximate surface area is 128 Å². The van der Waals surface area contributed by atoms with Crippen LogP contribution >= 0.6 is 0 Å². The Kier molecular flexibility index (Phi) is 3.31. The lowest BCUT2D eigenvalue weighted by Gasteiger charge is -2.27. The number of benzene rings is 1. The predicted molar refractivity (Wildman–Crippen MR) is 81.6 cm³/mol. The maximum atomic E-state index is 12.4. The van der Waals surface area contributed by atoms with Gasteiger partial charge in [0.25, 0.3) is 0 Å². The van der Waals surface area contributed by atoms with E-state index in [1.54, 1.807) is 6.20 Å². The van der Waals surface area contributed by atoms with Crippen LogP contribution < -0.4 is 5.32 Å². The summed E-state index contributed by atoms with van der Waals surface area (Å²) in [6.07, 6.45) is 4.87. The Bertz CT molecular complexity index is 671. The standard InChI is InChI=1S/C16H18N4O2/c21-16(20-10-15-8-14(20)11-22-15)18-13-4-1-3-12(7-13)9-19-6-2-5-17-19/h1-7,14-15H,8-11H2,(H,18,21)/t14-,15-/m1/s1. The summed E-state index contributed by atoms with van der Waals surface area (Å²) in [4.78, 5) is 14.3. The zero-order valence-corrected chi connectivity index (χ0v) is 12.2. The fourth-order valence-corrected chi connectivity index (χ4v) is 3.17. The maximum Gasteiger partial charge on any atom is 0.322 e. The van der Waals surface area contributed by atoms with Crippen LogP contribution in [-0.2, 0) is 11.3 Å². The maximum absolute atomic E-state index is 12.4. The summed E-state index contributed by atoms with van der Waals surface area (Å²) in [6.45, 7) is 2.06. The lowest BCUT2D eigenvalue weighted by molar-refractivity contribution is 0.0473. The SMILES string of the molecule is O=C(Nc1cccc(Cn2cccn2)c1)N1C[C@H]2C[C@@H]1CO2. The number of fused-ring (bicyclic) bond motifs is 2. The summed E-state index contributed by atoms with van der Waals surface area (Å²) in [5.74, 6) is 0. The minimum Gasteiger partial charge on any atom is -0.374 e. The highest BCUT2D eigenvalue weighted by Crippen LogP contribution is 2.28. The summed E-state index contributed by atoms with van der Waals surface area (Å²) < 4.78 is 7.39. The molecule has 2 aliphatic rings. The monoisotopic (exact) mass is 298 g/mol. The van der Waals surface area contributed by atoms with Gasteiger partial charge in [-0.15, -0.1) is 0 Å². The van der Waals surface area contributed by atoms with Gasteiger partial charge in [-0.1, -0.05) is 12.1 Å². The molecular weight excluding hydrogens is 280 g/mol. The quantitative estimate of drug-likeness (QED) is 0.942. The van der Waals surface area contributed by atoms with Gasteiger partial charge in [-0.2, -0.15) is 5.10 Å². The van der Waals surface area contributed by atoms with Gasteiger partial charge in [-0.3, -0.25) is 4.68 Å². The Hall–Kier alpha value is -2.34. The number of hydrogen-bond acceptors (Lipinski definition) is 3. The molecule has 2 amide bonds. The third-order valence-electron chi connectivity index (χ3n) is 4.24. The molecule has 1 N–H and O–H groups in total. The topological polar surface area (TPSA) is 59.4 Å². The van der Waals surface area contributed by atoms with Crippen molar-refractivity contribution in [3.05, 3.63) is 48.3 Å². The van der Waals surface area contributed by atoms with Crippen molar-refractivity contribution in [1.82, 2.24) is 14.7 Å². The van der Waals surface area contributed by atoms with Crippen molar-refractivity contribution in [2.24, 2.45) is 0 Å². The van der Waals surface area contributed by atoms with Crippen molar-refractivity contribution >= 4 is 11.7 Å². The number of ether oxygens (including phenoxy) is 1. The van der Waals surface area contributed by atoms with Gasteiger partial charge in [-0.25, -0.2) is 4.79 Å². The zero-order valence-electron chi connectivity index (χ0n) is 12.2. The molecule has 6 heteroatoms. The number of rotatable bonds is 3. The first-order chi connectivity index (χ1) is 10.8. The molecule has 2 bridgehead atoms. The lowest BCUT2D eigenvalue weighted by atomic mass is 10.2. The number of nitrogens with zero attached hydrogens (tertiary/aromatic N) is 3. The van der Waals surface area contributed by atoms with Crippen molar-refractivity contribution < 1.29 is 9.53 Å². The molecule has 2 aliphatic heterocycles. The highest BCUT2D eigenvalue weighted by Gasteiger charge is 2.41. The molecule has 0 unspecified atom stereocenters. The first-order valence-electron chi connectivity index (χ1n) is 7.53. The van der Waals surface area contributed by atoms with Crippen LogP contribution in [0.25, 0.3) is 0 Å². The van der Waals surface area contributed by atoms with Gasteiger partial charge in [0.05, 0.1) is 25.3 Å². The Balaban J connectivity index is 1.43. The van der Waals surface area contributed by atoms with Crippen molar-refractivity contribution in [2.45, 2.75) is 25.1 Å². The second-order valence-corrected chi connectivity index (χ2v) is 5.83. The molecule has 1 aromatic heterocycles. The third kappa shape index (κ3) is 2.57. The highest BCUT2D eigenvalue weighted by molar-refractivity contribution is 5.90. The summed E-state index contributed by atoms with van der Waals surface area (Å²) in [6, 6.07) is 9.98. The minimum absolute atomic E-state index is 0.0351. The van der Waals surface area contributed by atoms with Crippen LogP contribution in [0.1, 0.15) is 12.0 Å². The van der Waals surface area contributed by atoms with E-state index < -0.39 is 0 Å². The smallest absolute Gasteiger partial charge is 0.322 e. The number of morpholine rings is 1. The van der Waals surface area contributed by atoms with Crippen LogP contribution in [0, 0.1) is 0 Å². The fraction of sp³-hybridized carbons (Fsp3) is 0.375. The molecule has 2 fully saturated rings. The van der Waals surface area contributed by atoms with Crippen molar-refractivity contribution in [1.29, 1.82) is 0 Å². The van der Waals surface area contributed by atoms with Crippen LogP contribution in [0.15, 0.2) is 42.7 Å². The first-order valence-corrected chi connectivity index (χ1v) is 7.53. The molecule has 2 atom stereocenters. The van der Waals surface area contributed by atoms with Gasteiger partial charge >= 0.3 is 6.03 Å². The summed E-state index contributed by atoms with van der Waals surface area (Å²) in [5, 5.41) is 7.19. The average Bonchev–Trinajstić information content (AvgIpc) is 3.25. The number of hydrogen-bond donors (Lipinski definition) is 1. The molecule has 2 aromatic rings. The number of carbonyl (C=O) groups is 1. The molecule has 1 aromatic carbocycles. The van der Waals surface area contributed by atoms with Gasteiger partial charge < -0.3 is 15.0 Å². The highest BCUT2D eigenvalue weighted by atomic mass is 16.5. The van der Waals surface area contributed by atoms with Crippen molar-refractivity contribution in [2.75, 3.05) is 18.5 Å². The van der Waals surface area contributed by atoms with E-state index >= 15 is 0 Å². The average molecular weight is 298 g/mol. The number of aromatic nitrogens is 2. The number of anilines is 1. The van der Waals surface area contributed by atoms with E-state index in [-0.39, 0.29) is 18.2 Å². The van der Waals surface area contributed by atoms with E-state index in [0.29, 0.717) is 19.7 Å². The van der Waals surface area contributed by atoms with E-state index in [0.717, 1.165) is 17.7 Å². The zero-order chi connectivity index (χ0) is 14.9. The number of likely N-dealkylation sites (tertiary alicyclic amines) is 1. The molecule has 0 spiro atoms. The first kappa shape index (κ1) is 13.3. The van der Waals surface area contributed by atoms with E-state index in [9.17, 15) is 4.79 Å². The van der Waals surface area contributed by atoms with E-state index in [4.69, 9.17) is 4.74 Å². The van der Waals surface area contributed by atoms with Crippen LogP contribution in [0.5, 0.6) is 0 Å². The predicted octanol–water partition coefficient (Wildman–Crippen LogP) is 1.94. The Morgan fingerprint density at radius 1 is 1.41 bits per heavy atom. The second-order valence-electron chi connectivity index (χ2n) is 5.83. The molecular formula is C16H18N4O2. The van der Waals surface area contributed by atoms with Crippen molar-refractivity contribution in [3.8, 4) is 0 Å².